The molecule has 0 fully saturated rings. The summed E-state index contributed by atoms with van der Waals surface area (Å²) in [7, 11) is 5.19. The van der Waals surface area contributed by atoms with Crippen molar-refractivity contribution in [3.05, 3.63) is 18.7 Å². The maximum Gasteiger partial charge on any atom is 0.229 e. The molecule has 0 unspecified atom stereocenters. The van der Waals surface area contributed by atoms with Crippen LogP contribution in [-0.2, 0) is 4.12 Å². The first kappa shape index (κ1) is 7.60. The van der Waals surface area contributed by atoms with Crippen molar-refractivity contribution < 1.29 is 4.12 Å². The molecule has 0 spiro atoms. The number of aromatic amines is 1. The second kappa shape index (κ2) is 6.60. The van der Waals surface area contributed by atoms with Crippen molar-refractivity contribution in [2.24, 2.45) is 0 Å². The maximum atomic E-state index is 3.86. The summed E-state index contributed by atoms with van der Waals surface area (Å²) in [5, 5.41) is 0. The number of aromatic nitrogens is 2. The molecule has 0 aliphatic carbocycles. The summed E-state index contributed by atoms with van der Waals surface area (Å²) in [5.41, 5.74) is 0. The molecule has 8 heavy (non-hydrogen) atoms. The molecule has 1 N–H and O–H groups in total. The van der Waals surface area contributed by atoms with Crippen LogP contribution in [0.1, 0.15) is 0 Å². The Balaban J connectivity index is 0.000000145. The van der Waals surface area contributed by atoms with Gasteiger partial charge in [0.15, 0.2) is 0 Å². The van der Waals surface area contributed by atoms with Gasteiger partial charge in [0, 0.05) is 12.4 Å². The van der Waals surface area contributed by atoms with E-state index in [0.29, 0.717) is 0 Å². The highest BCUT2D eigenvalue weighted by atomic mass is 28.3. The van der Waals surface area contributed by atoms with E-state index in [1.807, 2.05) is 0 Å². The molecule has 0 aliphatic heterocycles. The minimum atomic E-state index is 1.62. The third kappa shape index (κ3) is 5.60. The number of nitrogens with zero attached hydrogens (tertiary/aromatic N) is 1. The fourth-order valence-corrected chi connectivity index (χ4v) is 0.215. The van der Waals surface area contributed by atoms with E-state index in [4.69, 9.17) is 0 Å². The monoisotopic (exact) mass is 140 g/mol. The molecule has 0 amide bonds. The van der Waals surface area contributed by atoms with Crippen LogP contribution in [0.25, 0.3) is 0 Å². The molecular formula is C3H4N2OSi2. The van der Waals surface area contributed by atoms with E-state index in [1.165, 1.54) is 0 Å². The summed E-state index contributed by atoms with van der Waals surface area (Å²) in [4.78, 5) is 6.42. The first-order valence-corrected chi connectivity index (χ1v) is 2.65. The number of rotatable bonds is 0. The van der Waals surface area contributed by atoms with Crippen LogP contribution >= 0.6 is 0 Å². The van der Waals surface area contributed by atoms with E-state index < -0.39 is 0 Å². The third-order valence-corrected chi connectivity index (χ3v) is 0.406. The molecule has 0 aromatic carbocycles. The predicted octanol–water partition coefficient (Wildman–Crippen LogP) is -0.420. The van der Waals surface area contributed by atoms with Crippen LogP contribution in [0.15, 0.2) is 18.7 Å². The average Bonchev–Trinajstić information content (AvgIpc) is 2.17. The average molecular weight is 140 g/mol. The zero-order valence-electron chi connectivity index (χ0n) is 4.09. The Hall–Kier alpha value is -0.396. The van der Waals surface area contributed by atoms with Gasteiger partial charge in [-0.2, -0.15) is 0 Å². The van der Waals surface area contributed by atoms with Gasteiger partial charge in [0.25, 0.3) is 0 Å². The summed E-state index contributed by atoms with van der Waals surface area (Å²) in [6, 6.07) is 0. The lowest BCUT2D eigenvalue weighted by Crippen LogP contribution is -1.65. The van der Waals surface area contributed by atoms with Crippen molar-refractivity contribution in [3.8, 4) is 0 Å². The molecular weight excluding hydrogens is 136 g/mol. The fourth-order valence-electron chi connectivity index (χ4n) is 0.215. The van der Waals surface area contributed by atoms with Crippen LogP contribution in [-0.4, -0.2) is 30.9 Å². The van der Waals surface area contributed by atoms with E-state index in [-0.39, 0.29) is 0 Å². The Labute approximate surface area is 54.6 Å². The molecule has 1 heterocycles. The number of hydrogen-bond donors (Lipinski definition) is 1. The van der Waals surface area contributed by atoms with E-state index in [1.54, 1.807) is 18.7 Å². The van der Waals surface area contributed by atoms with Gasteiger partial charge >= 0.3 is 0 Å². The summed E-state index contributed by atoms with van der Waals surface area (Å²) in [6.07, 6.45) is 5.08. The minimum absolute atomic E-state index is 1.62. The molecule has 0 atom stereocenters. The quantitative estimate of drug-likeness (QED) is 0.497. The van der Waals surface area contributed by atoms with Crippen LogP contribution in [0.2, 0.25) is 0 Å². The highest BCUT2D eigenvalue weighted by Crippen LogP contribution is 1.62. The van der Waals surface area contributed by atoms with Crippen LogP contribution < -0.4 is 0 Å². The van der Waals surface area contributed by atoms with Crippen molar-refractivity contribution in [2.45, 2.75) is 0 Å². The molecule has 1 aromatic heterocycles. The van der Waals surface area contributed by atoms with Crippen LogP contribution in [0, 0.1) is 0 Å². The van der Waals surface area contributed by atoms with Crippen LogP contribution in [0.4, 0.5) is 0 Å². The van der Waals surface area contributed by atoms with Crippen molar-refractivity contribution in [1.29, 1.82) is 0 Å². The first-order chi connectivity index (χ1) is 3.91. The molecule has 1 rings (SSSR count). The molecule has 0 saturated carbocycles. The predicted molar refractivity (Wildman–Crippen MR) is 31.2 cm³/mol. The summed E-state index contributed by atoms with van der Waals surface area (Å²) in [6.45, 7) is 0. The van der Waals surface area contributed by atoms with Crippen molar-refractivity contribution in [1.82, 2.24) is 9.97 Å². The zero-order valence-corrected chi connectivity index (χ0v) is 6.09. The minimum Gasteiger partial charge on any atom is -0.458 e. The second-order valence-electron chi connectivity index (χ2n) is 0.863. The Morgan fingerprint density at radius 3 is 2.25 bits per heavy atom. The highest BCUT2D eigenvalue weighted by molar-refractivity contribution is 6.15. The molecule has 1 aromatic rings. The Morgan fingerprint density at radius 2 is 2.12 bits per heavy atom. The number of imidazole rings is 1. The summed E-state index contributed by atoms with van der Waals surface area (Å²) >= 11 is 0. The third-order valence-electron chi connectivity index (χ3n) is 0.406. The van der Waals surface area contributed by atoms with Gasteiger partial charge in [-0.05, 0) is 0 Å². The van der Waals surface area contributed by atoms with Gasteiger partial charge in [-0.3, -0.25) is 0 Å². The van der Waals surface area contributed by atoms with Gasteiger partial charge in [-0.15, -0.1) is 0 Å². The largest absolute Gasteiger partial charge is 0.458 e. The van der Waals surface area contributed by atoms with Crippen molar-refractivity contribution >= 4 is 21.0 Å². The topological polar surface area (TPSA) is 37.9 Å². The van der Waals surface area contributed by atoms with Gasteiger partial charge in [-0.1, -0.05) is 0 Å². The number of H-pyrrole nitrogens is 1. The first-order valence-electron chi connectivity index (χ1n) is 1.84. The summed E-state index contributed by atoms with van der Waals surface area (Å²) < 4.78 is 3.86. The lowest BCUT2D eigenvalue weighted by atomic mass is 11.0. The van der Waals surface area contributed by atoms with Crippen LogP contribution in [0.5, 0.6) is 0 Å². The Bertz CT molecular complexity index is 82.2. The van der Waals surface area contributed by atoms with Gasteiger partial charge < -0.3 is 9.10 Å². The van der Waals surface area contributed by atoms with E-state index >= 15 is 0 Å². The molecule has 5 heteroatoms. The van der Waals surface area contributed by atoms with E-state index in [2.05, 4.69) is 35.1 Å². The van der Waals surface area contributed by atoms with Gasteiger partial charge in [0.1, 0.15) is 0 Å². The fraction of sp³-hybridized carbons (Fsp3) is 0. The summed E-state index contributed by atoms with van der Waals surface area (Å²) in [5.74, 6) is 0. The smallest absolute Gasteiger partial charge is 0.229 e. The molecule has 3 nitrogen and oxygen atoms in total. The Morgan fingerprint density at radius 1 is 1.50 bits per heavy atom. The van der Waals surface area contributed by atoms with Gasteiger partial charge in [0.05, 0.1) is 6.33 Å². The molecule has 0 bridgehead atoms. The lowest BCUT2D eigenvalue weighted by Gasteiger charge is -1.57. The number of nitrogens with one attached hydrogen (secondary N) is 1. The molecule has 0 aliphatic rings. The zero-order chi connectivity index (χ0) is 6.24. The van der Waals surface area contributed by atoms with Gasteiger partial charge in [-0.25, -0.2) is 4.98 Å². The van der Waals surface area contributed by atoms with E-state index in [0.717, 1.165) is 0 Å². The molecule has 40 valence electrons. The standard InChI is InChI=1S/C3H4N2.OSi2/c1-2-5-3-4-1;2-1-3/h1-3H,(H,4,5);. The Kier molecular flexibility index (Phi) is 6.28. The highest BCUT2D eigenvalue weighted by Gasteiger charge is 1.56. The van der Waals surface area contributed by atoms with E-state index in [9.17, 15) is 0 Å². The lowest BCUT2D eigenvalue weighted by molar-refractivity contribution is 0.690. The van der Waals surface area contributed by atoms with Crippen molar-refractivity contribution in [3.63, 3.8) is 0 Å². The molecule has 6 radical (unpaired) electrons. The second-order valence-corrected chi connectivity index (χ2v) is 1.68. The van der Waals surface area contributed by atoms with Crippen molar-refractivity contribution in [2.75, 3.05) is 0 Å². The normalized spacial score (nSPS) is 7.25. The van der Waals surface area contributed by atoms with Gasteiger partial charge in [0.2, 0.25) is 21.0 Å². The SMILES string of the molecule is [Si]O[Si].c1c[nH]cn1. The maximum absolute atomic E-state index is 3.86. The van der Waals surface area contributed by atoms with Crippen LogP contribution in [0.3, 0.4) is 0 Å². The number of hydrogen-bond acceptors (Lipinski definition) is 2. The molecule has 0 saturated heterocycles.